The molecule has 3 atom stereocenters. The third kappa shape index (κ3) is 0.708. The summed E-state index contributed by atoms with van der Waals surface area (Å²) in [6.45, 7) is 0. The van der Waals surface area contributed by atoms with Gasteiger partial charge in [-0.05, 0) is 15.8 Å². The van der Waals surface area contributed by atoms with Gasteiger partial charge in [0.25, 0.3) is 0 Å². The summed E-state index contributed by atoms with van der Waals surface area (Å²) in [6, 6.07) is 0.308. The van der Waals surface area contributed by atoms with Gasteiger partial charge in [-0.2, -0.15) is 0 Å². The molecule has 1 aliphatic carbocycles. The second-order valence-corrected chi connectivity index (χ2v) is 4.13. The van der Waals surface area contributed by atoms with Crippen molar-refractivity contribution in [1.29, 1.82) is 0 Å². The summed E-state index contributed by atoms with van der Waals surface area (Å²) in [5.74, 6) is 0.384. The maximum absolute atomic E-state index is 11.2. The third-order valence-corrected chi connectivity index (χ3v) is 3.47. The van der Waals surface area contributed by atoms with Crippen molar-refractivity contribution in [3.63, 3.8) is 0 Å². The molecule has 0 aromatic rings. The van der Waals surface area contributed by atoms with Gasteiger partial charge in [-0.15, -0.1) is 0 Å². The number of carbonyl (C=O) groups is 1. The fourth-order valence-electron chi connectivity index (χ4n) is 1.49. The number of amides is 1. The number of rotatable bonds is 0. The van der Waals surface area contributed by atoms with Crippen molar-refractivity contribution in [2.45, 2.75) is 12.5 Å². The molecule has 2 rings (SSSR count). The highest BCUT2D eigenvalue weighted by molar-refractivity contribution is 9.11. The minimum absolute atomic E-state index is 0.150. The van der Waals surface area contributed by atoms with E-state index < -0.39 is 0 Å². The SMILES string of the molecule is O=C1[C@@H]2C=C(Br)[C@@H](C2)N1P. The predicted molar refractivity (Wildman–Crippen MR) is 45.5 cm³/mol. The Bertz CT molecular complexity index is 228. The molecule has 10 heavy (non-hydrogen) atoms. The number of fused-ring (bicyclic) bond motifs is 2. The van der Waals surface area contributed by atoms with Crippen molar-refractivity contribution in [3.05, 3.63) is 10.6 Å². The molecule has 0 aromatic carbocycles. The zero-order chi connectivity index (χ0) is 7.30. The molecule has 1 aliphatic heterocycles. The average Bonchev–Trinajstić information content (AvgIpc) is 2.36. The minimum Gasteiger partial charge on any atom is -0.319 e. The van der Waals surface area contributed by atoms with Crippen molar-refractivity contribution in [2.24, 2.45) is 5.92 Å². The molecule has 0 radical (unpaired) electrons. The van der Waals surface area contributed by atoms with Gasteiger partial charge in [-0.3, -0.25) is 4.79 Å². The third-order valence-electron chi connectivity index (χ3n) is 2.06. The molecule has 2 aliphatic rings. The van der Waals surface area contributed by atoms with Crippen LogP contribution in [-0.2, 0) is 4.79 Å². The lowest BCUT2D eigenvalue weighted by Gasteiger charge is -2.20. The van der Waals surface area contributed by atoms with E-state index >= 15 is 0 Å². The van der Waals surface area contributed by atoms with Gasteiger partial charge >= 0.3 is 0 Å². The van der Waals surface area contributed by atoms with Gasteiger partial charge < -0.3 is 4.67 Å². The van der Waals surface area contributed by atoms with Crippen LogP contribution in [-0.4, -0.2) is 16.6 Å². The topological polar surface area (TPSA) is 20.3 Å². The molecule has 54 valence electrons. The number of hydrogen-bond donors (Lipinski definition) is 0. The quantitative estimate of drug-likeness (QED) is 0.563. The zero-order valence-corrected chi connectivity index (χ0v) is 7.99. The van der Waals surface area contributed by atoms with Crippen LogP contribution in [0.2, 0.25) is 0 Å². The lowest BCUT2D eigenvalue weighted by molar-refractivity contribution is -0.126. The molecule has 4 heteroatoms. The van der Waals surface area contributed by atoms with Crippen LogP contribution in [0.4, 0.5) is 0 Å². The normalized spacial score (nSPS) is 37.2. The molecule has 1 fully saturated rings. The molecule has 2 nitrogen and oxygen atoms in total. The van der Waals surface area contributed by atoms with E-state index in [2.05, 4.69) is 25.3 Å². The fourth-order valence-corrected chi connectivity index (χ4v) is 2.91. The maximum Gasteiger partial charge on any atom is 0.233 e. The number of carbonyl (C=O) groups excluding carboxylic acids is 1. The standard InChI is InChI=1S/C6H7BrNOP/c7-4-1-3-2-5(4)8(10)6(3)9/h1,3,5H,2,10H2/t3-,5-/m1/s1. The van der Waals surface area contributed by atoms with E-state index in [0.717, 1.165) is 10.9 Å². The van der Waals surface area contributed by atoms with E-state index in [0.29, 0.717) is 6.04 Å². The first-order chi connectivity index (χ1) is 4.70. The van der Waals surface area contributed by atoms with Gasteiger partial charge in [0.2, 0.25) is 5.91 Å². The van der Waals surface area contributed by atoms with E-state index in [-0.39, 0.29) is 11.8 Å². The molecule has 0 N–H and O–H groups in total. The lowest BCUT2D eigenvalue weighted by Crippen LogP contribution is -2.26. The van der Waals surface area contributed by atoms with Crippen LogP contribution in [0.25, 0.3) is 0 Å². The Labute approximate surface area is 70.0 Å². The van der Waals surface area contributed by atoms with E-state index in [9.17, 15) is 4.79 Å². The zero-order valence-electron chi connectivity index (χ0n) is 5.25. The Morgan fingerprint density at radius 1 is 1.80 bits per heavy atom. The molecular weight excluding hydrogens is 213 g/mol. The van der Waals surface area contributed by atoms with E-state index in [1.54, 1.807) is 4.67 Å². The van der Waals surface area contributed by atoms with Crippen LogP contribution in [0.3, 0.4) is 0 Å². The van der Waals surface area contributed by atoms with Gasteiger partial charge in [0.1, 0.15) is 0 Å². The molecule has 1 unspecified atom stereocenters. The van der Waals surface area contributed by atoms with Crippen molar-refractivity contribution < 1.29 is 4.79 Å². The Morgan fingerprint density at radius 2 is 2.50 bits per heavy atom. The van der Waals surface area contributed by atoms with Crippen LogP contribution >= 0.6 is 25.3 Å². The second-order valence-electron chi connectivity index (χ2n) is 2.66. The van der Waals surface area contributed by atoms with Gasteiger partial charge in [-0.25, -0.2) is 0 Å². The van der Waals surface area contributed by atoms with Gasteiger partial charge in [0.15, 0.2) is 0 Å². The summed E-state index contributed by atoms with van der Waals surface area (Å²) < 4.78 is 2.89. The molecule has 1 amide bonds. The summed E-state index contributed by atoms with van der Waals surface area (Å²) >= 11 is 3.42. The van der Waals surface area contributed by atoms with Gasteiger partial charge in [-0.1, -0.05) is 22.0 Å². The summed E-state index contributed by atoms with van der Waals surface area (Å²) in [6.07, 6.45) is 2.97. The highest BCUT2D eigenvalue weighted by Crippen LogP contribution is 2.41. The summed E-state index contributed by atoms with van der Waals surface area (Å²) in [4.78, 5) is 11.2. The number of nitrogens with zero attached hydrogens (tertiary/aromatic N) is 1. The predicted octanol–water partition coefficient (Wildman–Crippen LogP) is 1.29. The molecule has 0 saturated carbocycles. The van der Waals surface area contributed by atoms with E-state index in [1.165, 1.54) is 0 Å². The largest absolute Gasteiger partial charge is 0.319 e. The minimum atomic E-state index is 0.150. The first kappa shape index (κ1) is 6.81. The molecule has 0 spiro atoms. The molecule has 1 heterocycles. The molecule has 1 saturated heterocycles. The van der Waals surface area contributed by atoms with Crippen LogP contribution in [0.15, 0.2) is 10.6 Å². The van der Waals surface area contributed by atoms with E-state index in [1.807, 2.05) is 6.08 Å². The smallest absolute Gasteiger partial charge is 0.233 e. The van der Waals surface area contributed by atoms with Crippen molar-refractivity contribution in [1.82, 2.24) is 4.67 Å². The first-order valence-corrected chi connectivity index (χ1v) is 4.46. The van der Waals surface area contributed by atoms with Gasteiger partial charge in [0, 0.05) is 4.48 Å². The van der Waals surface area contributed by atoms with E-state index in [4.69, 9.17) is 0 Å². The second kappa shape index (κ2) is 2.05. The van der Waals surface area contributed by atoms with Crippen LogP contribution in [0.5, 0.6) is 0 Å². The number of halogens is 1. The Balaban J connectivity index is 2.37. The monoisotopic (exact) mass is 219 g/mol. The van der Waals surface area contributed by atoms with Crippen molar-refractivity contribution >= 4 is 31.2 Å². The van der Waals surface area contributed by atoms with Crippen molar-refractivity contribution in [3.8, 4) is 0 Å². The first-order valence-electron chi connectivity index (χ1n) is 3.15. The summed E-state index contributed by atoms with van der Waals surface area (Å²) in [5.41, 5.74) is 0. The lowest BCUT2D eigenvalue weighted by atomic mass is 10.1. The Kier molecular flexibility index (Phi) is 1.40. The van der Waals surface area contributed by atoms with Crippen LogP contribution in [0.1, 0.15) is 6.42 Å². The Hall–Kier alpha value is 0.120. The highest BCUT2D eigenvalue weighted by Gasteiger charge is 2.42. The fraction of sp³-hybridized carbons (Fsp3) is 0.500. The maximum atomic E-state index is 11.2. The summed E-state index contributed by atoms with van der Waals surface area (Å²) in [7, 11) is 2.46. The highest BCUT2D eigenvalue weighted by atomic mass is 79.9. The summed E-state index contributed by atoms with van der Waals surface area (Å²) in [5, 5.41) is 0. The average molecular weight is 220 g/mol. The molecular formula is C6H7BrNOP. The van der Waals surface area contributed by atoms with Crippen LogP contribution < -0.4 is 0 Å². The van der Waals surface area contributed by atoms with Crippen molar-refractivity contribution in [2.75, 3.05) is 0 Å². The Morgan fingerprint density at radius 3 is 2.90 bits per heavy atom. The number of hydrogen-bond acceptors (Lipinski definition) is 1. The molecule has 0 aromatic heterocycles. The van der Waals surface area contributed by atoms with Crippen LogP contribution in [0, 0.1) is 5.92 Å². The molecule has 2 bridgehead atoms. The van der Waals surface area contributed by atoms with Gasteiger partial charge in [0.05, 0.1) is 12.0 Å².